The van der Waals surface area contributed by atoms with Crippen LogP contribution in [0.5, 0.6) is 5.75 Å². The molecule has 0 saturated heterocycles. The number of pyridine rings is 1. The second-order valence-electron chi connectivity index (χ2n) is 4.51. The summed E-state index contributed by atoms with van der Waals surface area (Å²) >= 11 is 0. The average Bonchev–Trinajstić information content (AvgIpc) is 2.48. The predicted octanol–water partition coefficient (Wildman–Crippen LogP) is 1.62. The van der Waals surface area contributed by atoms with Crippen LogP contribution in [0.15, 0.2) is 41.3 Å². The zero-order valence-electron chi connectivity index (χ0n) is 11.8. The Morgan fingerprint density at radius 1 is 1.24 bits per heavy atom. The van der Waals surface area contributed by atoms with Crippen LogP contribution in [0.1, 0.15) is 11.4 Å². The molecular formula is C14H17N3O3S. The zero-order valence-corrected chi connectivity index (χ0v) is 12.6. The van der Waals surface area contributed by atoms with E-state index in [0.29, 0.717) is 17.9 Å². The number of rotatable bonds is 5. The topological polar surface area (TPSA) is 91.3 Å². The second kappa shape index (κ2) is 6.11. The van der Waals surface area contributed by atoms with Crippen LogP contribution in [-0.4, -0.2) is 25.6 Å². The summed E-state index contributed by atoms with van der Waals surface area (Å²) in [6, 6.07) is 9.75. The van der Waals surface area contributed by atoms with Gasteiger partial charge in [-0.1, -0.05) is 6.07 Å². The van der Waals surface area contributed by atoms with Gasteiger partial charge in [-0.15, -0.1) is 0 Å². The minimum Gasteiger partial charge on any atom is -0.506 e. The molecule has 0 amide bonds. The standard InChI is InChI=1S/C14H17N3O3S/c1-10-6-7-14(18)13(17-10)9-16-11-4-3-5-12(8-11)21(19,20)15-2/h3-8,15-16,18H,9H2,1-2H3. The van der Waals surface area contributed by atoms with Crippen LogP contribution >= 0.6 is 0 Å². The molecule has 0 aliphatic carbocycles. The first-order valence-corrected chi connectivity index (χ1v) is 7.83. The smallest absolute Gasteiger partial charge is 0.240 e. The number of benzene rings is 1. The van der Waals surface area contributed by atoms with Crippen LogP contribution in [0.3, 0.4) is 0 Å². The van der Waals surface area contributed by atoms with Crippen LogP contribution in [0, 0.1) is 6.92 Å². The minimum absolute atomic E-state index is 0.104. The molecule has 1 aromatic carbocycles. The third kappa shape index (κ3) is 3.71. The van der Waals surface area contributed by atoms with E-state index in [4.69, 9.17) is 0 Å². The Labute approximate surface area is 123 Å². The molecule has 0 spiro atoms. The lowest BCUT2D eigenvalue weighted by Gasteiger charge is -2.10. The van der Waals surface area contributed by atoms with Crippen molar-refractivity contribution in [2.45, 2.75) is 18.4 Å². The molecule has 6 nitrogen and oxygen atoms in total. The number of aromatic hydroxyl groups is 1. The van der Waals surface area contributed by atoms with Gasteiger partial charge in [-0.05, 0) is 44.3 Å². The van der Waals surface area contributed by atoms with Crippen molar-refractivity contribution in [1.29, 1.82) is 0 Å². The lowest BCUT2D eigenvalue weighted by Crippen LogP contribution is -2.18. The first-order chi connectivity index (χ1) is 9.92. The van der Waals surface area contributed by atoms with Gasteiger partial charge in [0.2, 0.25) is 10.0 Å². The molecule has 0 aliphatic heterocycles. The van der Waals surface area contributed by atoms with E-state index in [0.717, 1.165) is 5.69 Å². The number of hydrogen-bond acceptors (Lipinski definition) is 5. The first kappa shape index (κ1) is 15.3. The third-order valence-electron chi connectivity index (χ3n) is 2.96. The zero-order chi connectivity index (χ0) is 15.5. The van der Waals surface area contributed by atoms with Crippen molar-refractivity contribution in [1.82, 2.24) is 9.71 Å². The van der Waals surface area contributed by atoms with Gasteiger partial charge in [0.1, 0.15) is 11.4 Å². The molecule has 1 aromatic heterocycles. The van der Waals surface area contributed by atoms with Gasteiger partial charge in [-0.25, -0.2) is 13.1 Å². The molecule has 0 saturated carbocycles. The molecule has 21 heavy (non-hydrogen) atoms. The van der Waals surface area contributed by atoms with Crippen molar-refractivity contribution in [2.24, 2.45) is 0 Å². The minimum atomic E-state index is -3.47. The fraction of sp³-hybridized carbons (Fsp3) is 0.214. The van der Waals surface area contributed by atoms with Gasteiger partial charge in [-0.2, -0.15) is 0 Å². The second-order valence-corrected chi connectivity index (χ2v) is 6.39. The SMILES string of the molecule is CNS(=O)(=O)c1cccc(NCc2nc(C)ccc2O)c1. The molecule has 1 heterocycles. The van der Waals surface area contributed by atoms with Crippen molar-refractivity contribution < 1.29 is 13.5 Å². The van der Waals surface area contributed by atoms with E-state index in [1.807, 2.05) is 6.92 Å². The van der Waals surface area contributed by atoms with Crippen LogP contribution in [0.25, 0.3) is 0 Å². The molecule has 2 aromatic rings. The molecule has 7 heteroatoms. The number of sulfonamides is 1. The summed E-state index contributed by atoms with van der Waals surface area (Å²) in [7, 11) is -2.11. The summed E-state index contributed by atoms with van der Waals surface area (Å²) in [5, 5.41) is 12.8. The number of aromatic nitrogens is 1. The Hall–Kier alpha value is -2.12. The van der Waals surface area contributed by atoms with Crippen LogP contribution in [-0.2, 0) is 16.6 Å². The highest BCUT2D eigenvalue weighted by molar-refractivity contribution is 7.89. The lowest BCUT2D eigenvalue weighted by molar-refractivity contribution is 0.464. The van der Waals surface area contributed by atoms with Crippen molar-refractivity contribution in [3.63, 3.8) is 0 Å². The van der Waals surface area contributed by atoms with E-state index >= 15 is 0 Å². The van der Waals surface area contributed by atoms with Gasteiger partial charge < -0.3 is 10.4 Å². The molecule has 112 valence electrons. The van der Waals surface area contributed by atoms with Crippen LogP contribution < -0.4 is 10.0 Å². The normalized spacial score (nSPS) is 11.3. The van der Waals surface area contributed by atoms with Crippen molar-refractivity contribution in [2.75, 3.05) is 12.4 Å². The summed E-state index contributed by atoms with van der Waals surface area (Å²) in [6.07, 6.45) is 0. The van der Waals surface area contributed by atoms with E-state index in [-0.39, 0.29) is 10.6 Å². The molecule has 2 rings (SSSR count). The molecular weight excluding hydrogens is 290 g/mol. The van der Waals surface area contributed by atoms with Gasteiger partial charge in [0.15, 0.2) is 0 Å². The van der Waals surface area contributed by atoms with E-state index < -0.39 is 10.0 Å². The largest absolute Gasteiger partial charge is 0.506 e. The maximum absolute atomic E-state index is 11.7. The number of nitrogens with zero attached hydrogens (tertiary/aromatic N) is 1. The van der Waals surface area contributed by atoms with E-state index in [1.165, 1.54) is 19.2 Å². The molecule has 0 bridgehead atoms. The molecule has 0 radical (unpaired) electrons. The summed E-state index contributed by atoms with van der Waals surface area (Å²) in [5.41, 5.74) is 1.95. The third-order valence-corrected chi connectivity index (χ3v) is 4.37. The number of hydrogen-bond donors (Lipinski definition) is 3. The molecule has 0 fully saturated rings. The summed E-state index contributed by atoms with van der Waals surface area (Å²) in [5.74, 6) is 0.104. The van der Waals surface area contributed by atoms with E-state index in [9.17, 15) is 13.5 Å². The summed E-state index contributed by atoms with van der Waals surface area (Å²) < 4.78 is 25.7. The Bertz CT molecular complexity index is 745. The number of aryl methyl sites for hydroxylation is 1. The quantitative estimate of drug-likeness (QED) is 0.780. The lowest BCUT2D eigenvalue weighted by atomic mass is 10.2. The van der Waals surface area contributed by atoms with Crippen molar-refractivity contribution >= 4 is 15.7 Å². The highest BCUT2D eigenvalue weighted by atomic mass is 32.2. The Balaban J connectivity index is 2.18. The van der Waals surface area contributed by atoms with E-state index in [2.05, 4.69) is 15.0 Å². The van der Waals surface area contributed by atoms with Gasteiger partial charge in [-0.3, -0.25) is 4.98 Å². The fourth-order valence-electron chi connectivity index (χ4n) is 1.81. The maximum atomic E-state index is 11.7. The summed E-state index contributed by atoms with van der Waals surface area (Å²) in [6.45, 7) is 2.14. The van der Waals surface area contributed by atoms with Crippen LogP contribution in [0.4, 0.5) is 5.69 Å². The monoisotopic (exact) mass is 307 g/mol. The van der Waals surface area contributed by atoms with E-state index in [1.54, 1.807) is 24.3 Å². The molecule has 0 unspecified atom stereocenters. The highest BCUT2D eigenvalue weighted by Gasteiger charge is 2.11. The number of anilines is 1. The molecule has 3 N–H and O–H groups in total. The van der Waals surface area contributed by atoms with Gasteiger partial charge >= 0.3 is 0 Å². The maximum Gasteiger partial charge on any atom is 0.240 e. The van der Waals surface area contributed by atoms with Crippen molar-refractivity contribution in [3.05, 3.63) is 47.8 Å². The van der Waals surface area contributed by atoms with Gasteiger partial charge in [0.05, 0.1) is 11.4 Å². The van der Waals surface area contributed by atoms with Gasteiger partial charge in [0.25, 0.3) is 0 Å². The molecule has 0 atom stereocenters. The molecule has 0 aliphatic rings. The first-order valence-electron chi connectivity index (χ1n) is 6.35. The van der Waals surface area contributed by atoms with Gasteiger partial charge in [0, 0.05) is 11.4 Å². The Morgan fingerprint density at radius 3 is 2.71 bits per heavy atom. The van der Waals surface area contributed by atoms with Crippen LogP contribution in [0.2, 0.25) is 0 Å². The predicted molar refractivity (Wildman–Crippen MR) is 80.7 cm³/mol. The fourth-order valence-corrected chi connectivity index (χ4v) is 2.59. The Morgan fingerprint density at radius 2 is 2.00 bits per heavy atom. The number of nitrogens with one attached hydrogen (secondary N) is 2. The highest BCUT2D eigenvalue weighted by Crippen LogP contribution is 2.19. The summed E-state index contributed by atoms with van der Waals surface area (Å²) in [4.78, 5) is 4.41. The van der Waals surface area contributed by atoms with Crippen molar-refractivity contribution in [3.8, 4) is 5.75 Å². The Kier molecular flexibility index (Phi) is 4.44. The average molecular weight is 307 g/mol.